The zero-order valence-electron chi connectivity index (χ0n) is 5.64. The first-order valence-corrected chi connectivity index (χ1v) is 3.35. The van der Waals surface area contributed by atoms with E-state index in [-0.39, 0.29) is 0 Å². The zero-order chi connectivity index (χ0) is 9.30. The SMILES string of the molecule is O=C(S)c1c(F)cc(F)cc1F. The van der Waals surface area contributed by atoms with E-state index in [0.29, 0.717) is 12.1 Å². The van der Waals surface area contributed by atoms with Gasteiger partial charge in [-0.2, -0.15) is 0 Å². The summed E-state index contributed by atoms with van der Waals surface area (Å²) >= 11 is 3.22. The molecule has 0 N–H and O–H groups in total. The van der Waals surface area contributed by atoms with E-state index in [1.807, 2.05) is 0 Å². The van der Waals surface area contributed by atoms with Crippen LogP contribution in [-0.2, 0) is 0 Å². The van der Waals surface area contributed by atoms with E-state index in [4.69, 9.17) is 0 Å². The van der Waals surface area contributed by atoms with Crippen molar-refractivity contribution in [2.75, 3.05) is 0 Å². The fourth-order valence-electron chi connectivity index (χ4n) is 0.747. The van der Waals surface area contributed by atoms with Crippen LogP contribution < -0.4 is 0 Å². The molecule has 0 saturated carbocycles. The van der Waals surface area contributed by atoms with Crippen molar-refractivity contribution < 1.29 is 18.0 Å². The fraction of sp³-hybridized carbons (Fsp3) is 0. The van der Waals surface area contributed by atoms with Gasteiger partial charge in [0.05, 0.1) is 0 Å². The van der Waals surface area contributed by atoms with Crippen LogP contribution in [0.2, 0.25) is 0 Å². The minimum atomic E-state index is -1.24. The molecule has 64 valence electrons. The van der Waals surface area contributed by atoms with Crippen LogP contribution in [0.5, 0.6) is 0 Å². The lowest BCUT2D eigenvalue weighted by atomic mass is 10.2. The van der Waals surface area contributed by atoms with Crippen LogP contribution in [0.25, 0.3) is 0 Å². The molecule has 0 aromatic heterocycles. The van der Waals surface area contributed by atoms with E-state index in [9.17, 15) is 18.0 Å². The molecule has 0 saturated heterocycles. The molecule has 0 atom stereocenters. The summed E-state index contributed by atoms with van der Waals surface area (Å²) in [4.78, 5) is 10.5. The van der Waals surface area contributed by atoms with Gasteiger partial charge in [0.15, 0.2) is 0 Å². The van der Waals surface area contributed by atoms with Gasteiger partial charge in [0, 0.05) is 12.1 Å². The summed E-state index contributed by atoms with van der Waals surface area (Å²) in [5, 5.41) is -1.06. The van der Waals surface area contributed by atoms with E-state index >= 15 is 0 Å². The summed E-state index contributed by atoms with van der Waals surface area (Å²) in [6.07, 6.45) is 0. The number of carbonyl (C=O) groups excluding carboxylic acids is 1. The third-order valence-corrected chi connectivity index (χ3v) is 1.44. The highest BCUT2D eigenvalue weighted by atomic mass is 32.1. The van der Waals surface area contributed by atoms with Crippen LogP contribution in [0, 0.1) is 17.5 Å². The second-order valence-corrected chi connectivity index (χ2v) is 2.46. The number of halogens is 3. The fourth-order valence-corrected chi connectivity index (χ4v) is 0.960. The third kappa shape index (κ3) is 1.61. The Kier molecular flexibility index (Phi) is 2.42. The lowest BCUT2D eigenvalue weighted by Crippen LogP contribution is -2.00. The van der Waals surface area contributed by atoms with Gasteiger partial charge in [0.1, 0.15) is 23.0 Å². The van der Waals surface area contributed by atoms with E-state index < -0.39 is 28.1 Å². The van der Waals surface area contributed by atoms with Gasteiger partial charge in [0.25, 0.3) is 0 Å². The Morgan fingerprint density at radius 3 is 1.92 bits per heavy atom. The average Bonchev–Trinajstić information content (AvgIpc) is 1.82. The normalized spacial score (nSPS) is 10.0. The summed E-state index contributed by atoms with van der Waals surface area (Å²) in [6.45, 7) is 0. The van der Waals surface area contributed by atoms with Gasteiger partial charge in [-0.05, 0) is 0 Å². The highest BCUT2D eigenvalue weighted by molar-refractivity contribution is 7.97. The summed E-state index contributed by atoms with van der Waals surface area (Å²) in [5.41, 5.74) is -0.834. The summed E-state index contributed by atoms with van der Waals surface area (Å²) in [5.74, 6) is -3.55. The molecule has 1 nitrogen and oxygen atoms in total. The first kappa shape index (κ1) is 9.12. The van der Waals surface area contributed by atoms with Gasteiger partial charge in [-0.15, -0.1) is 12.6 Å². The second kappa shape index (κ2) is 3.18. The van der Waals surface area contributed by atoms with Crippen molar-refractivity contribution in [1.82, 2.24) is 0 Å². The number of thiol groups is 1. The number of hydrogen-bond donors (Lipinski definition) is 1. The maximum Gasteiger partial charge on any atom is 0.222 e. The van der Waals surface area contributed by atoms with Crippen LogP contribution in [0.15, 0.2) is 12.1 Å². The number of rotatable bonds is 1. The molecular weight excluding hydrogens is 189 g/mol. The largest absolute Gasteiger partial charge is 0.282 e. The molecule has 0 fully saturated rings. The maximum absolute atomic E-state index is 12.6. The van der Waals surface area contributed by atoms with Crippen LogP contribution in [0.4, 0.5) is 13.2 Å². The molecule has 1 aromatic rings. The van der Waals surface area contributed by atoms with Crippen molar-refractivity contribution in [3.8, 4) is 0 Å². The summed E-state index contributed by atoms with van der Waals surface area (Å²) < 4.78 is 37.5. The summed E-state index contributed by atoms with van der Waals surface area (Å²) in [7, 11) is 0. The highest BCUT2D eigenvalue weighted by Crippen LogP contribution is 2.16. The minimum Gasteiger partial charge on any atom is -0.282 e. The van der Waals surface area contributed by atoms with Gasteiger partial charge in [0.2, 0.25) is 5.12 Å². The second-order valence-electron chi connectivity index (χ2n) is 2.05. The van der Waals surface area contributed by atoms with Crippen molar-refractivity contribution in [3.05, 3.63) is 35.1 Å². The van der Waals surface area contributed by atoms with Crippen molar-refractivity contribution in [2.24, 2.45) is 0 Å². The van der Waals surface area contributed by atoms with Crippen molar-refractivity contribution in [1.29, 1.82) is 0 Å². The molecule has 0 aliphatic heterocycles. The molecule has 1 aromatic carbocycles. The van der Waals surface area contributed by atoms with E-state index in [1.165, 1.54) is 0 Å². The van der Waals surface area contributed by atoms with Crippen molar-refractivity contribution in [2.45, 2.75) is 0 Å². The van der Waals surface area contributed by atoms with Gasteiger partial charge in [-0.25, -0.2) is 13.2 Å². The van der Waals surface area contributed by atoms with E-state index in [1.54, 1.807) is 0 Å². The van der Waals surface area contributed by atoms with Crippen LogP contribution in [-0.4, -0.2) is 5.12 Å². The van der Waals surface area contributed by atoms with Gasteiger partial charge in [-0.1, -0.05) is 0 Å². The number of carbonyl (C=O) groups is 1. The molecule has 0 spiro atoms. The molecule has 0 aliphatic rings. The van der Waals surface area contributed by atoms with Crippen LogP contribution in [0.1, 0.15) is 10.4 Å². The minimum absolute atomic E-state index is 0.423. The monoisotopic (exact) mass is 192 g/mol. The predicted octanol–water partition coefficient (Wildman–Crippen LogP) is 2.17. The number of benzene rings is 1. The molecule has 0 amide bonds. The quantitative estimate of drug-likeness (QED) is 0.675. The predicted molar refractivity (Wildman–Crippen MR) is 39.6 cm³/mol. The molecule has 0 bridgehead atoms. The van der Waals surface area contributed by atoms with E-state index in [2.05, 4.69) is 12.6 Å². The molecular formula is C7H3F3OS. The molecule has 0 radical (unpaired) electrons. The average molecular weight is 192 g/mol. The zero-order valence-corrected chi connectivity index (χ0v) is 6.54. The molecule has 0 heterocycles. The molecule has 0 unspecified atom stereocenters. The van der Waals surface area contributed by atoms with E-state index in [0.717, 1.165) is 0 Å². The highest BCUT2D eigenvalue weighted by Gasteiger charge is 2.15. The first-order chi connectivity index (χ1) is 5.52. The Balaban J connectivity index is 3.38. The topological polar surface area (TPSA) is 17.1 Å². The Bertz CT molecular complexity index is 314. The number of hydrogen-bond acceptors (Lipinski definition) is 1. The van der Waals surface area contributed by atoms with Crippen molar-refractivity contribution >= 4 is 17.7 Å². The van der Waals surface area contributed by atoms with Gasteiger partial charge in [-0.3, -0.25) is 4.79 Å². The van der Waals surface area contributed by atoms with Crippen molar-refractivity contribution in [3.63, 3.8) is 0 Å². The van der Waals surface area contributed by atoms with Gasteiger partial charge >= 0.3 is 0 Å². The Labute approximate surface area is 71.6 Å². The summed E-state index contributed by atoms with van der Waals surface area (Å²) in [6, 6.07) is 0.846. The molecule has 0 aliphatic carbocycles. The van der Waals surface area contributed by atoms with Crippen LogP contribution >= 0.6 is 12.6 Å². The Morgan fingerprint density at radius 1 is 1.17 bits per heavy atom. The van der Waals surface area contributed by atoms with Crippen LogP contribution in [0.3, 0.4) is 0 Å². The Morgan fingerprint density at radius 2 is 1.58 bits per heavy atom. The molecule has 1 rings (SSSR count). The molecule has 12 heavy (non-hydrogen) atoms. The maximum atomic E-state index is 12.6. The Hall–Kier alpha value is -0.970. The third-order valence-electron chi connectivity index (χ3n) is 1.22. The first-order valence-electron chi connectivity index (χ1n) is 2.90. The standard InChI is InChI=1S/C7H3F3OS/c8-3-1-4(9)6(7(11)12)5(10)2-3/h1-2H,(H,11,12). The molecule has 5 heteroatoms. The lowest BCUT2D eigenvalue weighted by molar-refractivity contribution is 0.108. The lowest BCUT2D eigenvalue weighted by Gasteiger charge is -1.98. The smallest absolute Gasteiger partial charge is 0.222 e. The van der Waals surface area contributed by atoms with Gasteiger partial charge < -0.3 is 0 Å².